The normalized spacial score (nSPS) is 10.0. The molecular formula is C16H15NO4S. The summed E-state index contributed by atoms with van der Waals surface area (Å²) in [7, 11) is 0. The molecule has 22 heavy (non-hydrogen) atoms. The van der Waals surface area contributed by atoms with Gasteiger partial charge in [0.1, 0.15) is 5.75 Å². The SMILES string of the molecule is CSc1cccc(NC(=O)COC(=O)c2ccc(O)cc2)c1. The van der Waals surface area contributed by atoms with Crippen molar-refractivity contribution in [2.24, 2.45) is 0 Å². The molecule has 0 heterocycles. The van der Waals surface area contributed by atoms with Crippen LogP contribution in [0, 0.1) is 0 Å². The lowest BCUT2D eigenvalue weighted by Gasteiger charge is -2.07. The Balaban J connectivity index is 1.87. The van der Waals surface area contributed by atoms with Crippen molar-refractivity contribution >= 4 is 29.3 Å². The van der Waals surface area contributed by atoms with Crippen molar-refractivity contribution in [2.75, 3.05) is 18.2 Å². The first-order chi connectivity index (χ1) is 10.6. The van der Waals surface area contributed by atoms with E-state index in [-0.39, 0.29) is 17.9 Å². The average molecular weight is 317 g/mol. The van der Waals surface area contributed by atoms with Crippen molar-refractivity contribution in [1.82, 2.24) is 0 Å². The van der Waals surface area contributed by atoms with Gasteiger partial charge in [-0.3, -0.25) is 4.79 Å². The predicted octanol–water partition coefficient (Wildman–Crippen LogP) is 2.91. The Morgan fingerprint density at radius 3 is 2.59 bits per heavy atom. The molecule has 0 radical (unpaired) electrons. The van der Waals surface area contributed by atoms with Crippen LogP contribution in [0.1, 0.15) is 10.4 Å². The van der Waals surface area contributed by atoms with Gasteiger partial charge >= 0.3 is 5.97 Å². The third kappa shape index (κ3) is 4.53. The Hall–Kier alpha value is -2.47. The smallest absolute Gasteiger partial charge is 0.338 e. The standard InChI is InChI=1S/C16H15NO4S/c1-22-14-4-2-3-12(9-14)17-15(19)10-21-16(20)11-5-7-13(18)8-6-11/h2-9,18H,10H2,1H3,(H,17,19). The minimum absolute atomic E-state index is 0.0583. The molecule has 0 aliphatic carbocycles. The minimum Gasteiger partial charge on any atom is -0.508 e. The van der Waals surface area contributed by atoms with Gasteiger partial charge in [0, 0.05) is 10.6 Å². The summed E-state index contributed by atoms with van der Waals surface area (Å²) in [6.07, 6.45) is 1.94. The zero-order valence-corrected chi connectivity index (χ0v) is 12.7. The topological polar surface area (TPSA) is 75.6 Å². The maximum atomic E-state index is 11.8. The monoisotopic (exact) mass is 317 g/mol. The Morgan fingerprint density at radius 2 is 1.91 bits per heavy atom. The van der Waals surface area contributed by atoms with Crippen LogP contribution < -0.4 is 5.32 Å². The molecule has 2 aromatic rings. The Morgan fingerprint density at radius 1 is 1.18 bits per heavy atom. The van der Waals surface area contributed by atoms with Crippen LogP contribution in [0.5, 0.6) is 5.75 Å². The fourth-order valence-electron chi connectivity index (χ4n) is 1.71. The molecule has 6 heteroatoms. The Kier molecular flexibility index (Phi) is 5.43. The van der Waals surface area contributed by atoms with Gasteiger partial charge in [0.2, 0.25) is 0 Å². The first kappa shape index (κ1) is 15.9. The van der Waals surface area contributed by atoms with Crippen molar-refractivity contribution < 1.29 is 19.4 Å². The van der Waals surface area contributed by atoms with Crippen LogP contribution >= 0.6 is 11.8 Å². The maximum Gasteiger partial charge on any atom is 0.338 e. The third-order valence-electron chi connectivity index (χ3n) is 2.79. The average Bonchev–Trinajstić information content (AvgIpc) is 2.53. The number of hydrogen-bond donors (Lipinski definition) is 2. The van der Waals surface area contributed by atoms with Crippen LogP contribution in [0.2, 0.25) is 0 Å². The van der Waals surface area contributed by atoms with E-state index in [2.05, 4.69) is 5.32 Å². The molecule has 0 atom stereocenters. The third-order valence-corrected chi connectivity index (χ3v) is 3.52. The van der Waals surface area contributed by atoms with Crippen molar-refractivity contribution in [3.8, 4) is 5.75 Å². The van der Waals surface area contributed by atoms with Gasteiger partial charge in [0.15, 0.2) is 6.61 Å². The summed E-state index contributed by atoms with van der Waals surface area (Å²) in [5, 5.41) is 11.8. The highest BCUT2D eigenvalue weighted by Gasteiger charge is 2.10. The first-order valence-electron chi connectivity index (χ1n) is 6.48. The molecule has 0 aromatic heterocycles. The van der Waals surface area contributed by atoms with Crippen molar-refractivity contribution in [3.05, 3.63) is 54.1 Å². The number of amides is 1. The number of phenols is 1. The predicted molar refractivity (Wildman–Crippen MR) is 85.2 cm³/mol. The second-order valence-electron chi connectivity index (χ2n) is 4.40. The molecule has 5 nitrogen and oxygen atoms in total. The summed E-state index contributed by atoms with van der Waals surface area (Å²) < 4.78 is 4.92. The molecule has 0 aliphatic heterocycles. The summed E-state index contributed by atoms with van der Waals surface area (Å²) >= 11 is 1.57. The zero-order chi connectivity index (χ0) is 15.9. The van der Waals surface area contributed by atoms with Crippen molar-refractivity contribution in [3.63, 3.8) is 0 Å². The Labute approximate surface area is 132 Å². The number of nitrogens with one attached hydrogen (secondary N) is 1. The highest BCUT2D eigenvalue weighted by atomic mass is 32.2. The molecular weight excluding hydrogens is 302 g/mol. The summed E-state index contributed by atoms with van der Waals surface area (Å²) in [4.78, 5) is 24.5. The molecule has 0 fully saturated rings. The van der Waals surface area contributed by atoms with E-state index in [1.807, 2.05) is 24.5 Å². The van der Waals surface area contributed by atoms with Gasteiger partial charge in [-0.05, 0) is 48.7 Å². The second-order valence-corrected chi connectivity index (χ2v) is 5.28. The molecule has 0 spiro atoms. The van der Waals surface area contributed by atoms with Crippen LogP contribution in [0.4, 0.5) is 5.69 Å². The summed E-state index contributed by atoms with van der Waals surface area (Å²) in [6, 6.07) is 13.0. The number of ether oxygens (including phenoxy) is 1. The summed E-state index contributed by atoms with van der Waals surface area (Å²) in [6.45, 7) is -0.372. The molecule has 0 saturated heterocycles. The van der Waals surface area contributed by atoms with E-state index in [0.717, 1.165) is 4.90 Å². The van der Waals surface area contributed by atoms with Gasteiger partial charge in [-0.15, -0.1) is 11.8 Å². The molecule has 2 rings (SSSR count). The van der Waals surface area contributed by atoms with Crippen LogP contribution in [0.15, 0.2) is 53.4 Å². The second kappa shape index (κ2) is 7.51. The zero-order valence-electron chi connectivity index (χ0n) is 11.9. The van der Waals surface area contributed by atoms with E-state index in [4.69, 9.17) is 9.84 Å². The first-order valence-corrected chi connectivity index (χ1v) is 7.71. The minimum atomic E-state index is -0.618. The molecule has 0 saturated carbocycles. The number of phenolic OH excluding ortho intramolecular Hbond substituents is 1. The maximum absolute atomic E-state index is 11.8. The van der Waals surface area contributed by atoms with Gasteiger partial charge in [0.05, 0.1) is 5.56 Å². The largest absolute Gasteiger partial charge is 0.508 e. The number of thioether (sulfide) groups is 1. The fourth-order valence-corrected chi connectivity index (χ4v) is 2.17. The van der Waals surface area contributed by atoms with Gasteiger partial charge in [-0.1, -0.05) is 6.07 Å². The number of carbonyl (C=O) groups excluding carboxylic acids is 2. The number of hydrogen-bond acceptors (Lipinski definition) is 5. The number of anilines is 1. The van der Waals surface area contributed by atoms with Crippen LogP contribution in [0.25, 0.3) is 0 Å². The van der Waals surface area contributed by atoms with E-state index >= 15 is 0 Å². The lowest BCUT2D eigenvalue weighted by molar-refractivity contribution is -0.119. The van der Waals surface area contributed by atoms with E-state index in [0.29, 0.717) is 5.69 Å². The van der Waals surface area contributed by atoms with Crippen molar-refractivity contribution in [1.29, 1.82) is 0 Å². The molecule has 2 aromatic carbocycles. The molecule has 2 N–H and O–H groups in total. The molecule has 1 amide bonds. The fraction of sp³-hybridized carbons (Fsp3) is 0.125. The van der Waals surface area contributed by atoms with Gasteiger partial charge in [-0.25, -0.2) is 4.79 Å². The summed E-state index contributed by atoms with van der Waals surface area (Å²) in [5.41, 5.74) is 0.924. The number of rotatable bonds is 5. The number of esters is 1. The lowest BCUT2D eigenvalue weighted by Crippen LogP contribution is -2.20. The van der Waals surface area contributed by atoms with Gasteiger partial charge in [-0.2, -0.15) is 0 Å². The van der Waals surface area contributed by atoms with Crippen LogP contribution in [0.3, 0.4) is 0 Å². The van der Waals surface area contributed by atoms with E-state index in [1.165, 1.54) is 24.3 Å². The Bertz CT molecular complexity index is 670. The van der Waals surface area contributed by atoms with Crippen LogP contribution in [-0.4, -0.2) is 29.8 Å². The molecule has 114 valence electrons. The quantitative estimate of drug-likeness (QED) is 0.655. The molecule has 0 aliphatic rings. The highest BCUT2D eigenvalue weighted by Crippen LogP contribution is 2.18. The van der Waals surface area contributed by atoms with E-state index < -0.39 is 11.9 Å². The highest BCUT2D eigenvalue weighted by molar-refractivity contribution is 7.98. The van der Waals surface area contributed by atoms with Crippen LogP contribution in [-0.2, 0) is 9.53 Å². The lowest BCUT2D eigenvalue weighted by atomic mass is 10.2. The van der Waals surface area contributed by atoms with Gasteiger partial charge < -0.3 is 15.2 Å². The number of carbonyl (C=O) groups is 2. The molecule has 0 bridgehead atoms. The van der Waals surface area contributed by atoms with E-state index in [1.54, 1.807) is 17.8 Å². The van der Waals surface area contributed by atoms with Gasteiger partial charge in [0.25, 0.3) is 5.91 Å². The van der Waals surface area contributed by atoms with E-state index in [9.17, 15) is 9.59 Å². The number of aromatic hydroxyl groups is 1. The number of benzene rings is 2. The molecule has 0 unspecified atom stereocenters. The summed E-state index contributed by atoms with van der Waals surface area (Å²) in [5.74, 6) is -0.971. The van der Waals surface area contributed by atoms with Crippen molar-refractivity contribution in [2.45, 2.75) is 4.90 Å².